The van der Waals surface area contributed by atoms with Gasteiger partial charge in [-0.15, -0.1) is 24.0 Å². The maximum atomic E-state index is 11.9. The first-order chi connectivity index (χ1) is 13.1. The lowest BCUT2D eigenvalue weighted by atomic mass is 10.2. The molecule has 0 saturated carbocycles. The molecule has 1 aromatic carbocycles. The van der Waals surface area contributed by atoms with Crippen LogP contribution in [0.3, 0.4) is 0 Å². The SMILES string of the molecule is CN=C(NCCOc1ccc(C)cc1)NCCC(=O)Nc1ccc(C)cn1.I. The molecule has 0 unspecified atom stereocenters. The molecular weight excluding hydrogens is 469 g/mol. The largest absolute Gasteiger partial charge is 0.492 e. The van der Waals surface area contributed by atoms with E-state index in [0.29, 0.717) is 37.9 Å². The van der Waals surface area contributed by atoms with Gasteiger partial charge in [-0.3, -0.25) is 9.79 Å². The number of rotatable bonds is 8. The lowest BCUT2D eigenvalue weighted by Crippen LogP contribution is -2.40. The van der Waals surface area contributed by atoms with Crippen molar-refractivity contribution in [1.82, 2.24) is 15.6 Å². The molecule has 2 rings (SSSR count). The van der Waals surface area contributed by atoms with Gasteiger partial charge in [-0.1, -0.05) is 23.8 Å². The molecule has 0 saturated heterocycles. The van der Waals surface area contributed by atoms with Gasteiger partial charge < -0.3 is 20.7 Å². The van der Waals surface area contributed by atoms with E-state index < -0.39 is 0 Å². The van der Waals surface area contributed by atoms with Gasteiger partial charge >= 0.3 is 0 Å². The number of aliphatic imine (C=N–C) groups is 1. The Morgan fingerprint density at radius 2 is 1.71 bits per heavy atom. The number of pyridine rings is 1. The van der Waals surface area contributed by atoms with Crippen LogP contribution in [-0.2, 0) is 4.79 Å². The van der Waals surface area contributed by atoms with Crippen molar-refractivity contribution >= 4 is 41.7 Å². The zero-order valence-corrected chi connectivity index (χ0v) is 18.8. The molecule has 1 heterocycles. The number of nitrogens with one attached hydrogen (secondary N) is 3. The van der Waals surface area contributed by atoms with E-state index in [0.717, 1.165) is 11.3 Å². The van der Waals surface area contributed by atoms with Crippen LogP contribution in [0.15, 0.2) is 47.6 Å². The summed E-state index contributed by atoms with van der Waals surface area (Å²) in [4.78, 5) is 20.2. The van der Waals surface area contributed by atoms with E-state index >= 15 is 0 Å². The molecule has 152 valence electrons. The molecular formula is C20H28IN5O2. The normalized spacial score (nSPS) is 10.6. The molecule has 7 nitrogen and oxygen atoms in total. The molecule has 3 N–H and O–H groups in total. The van der Waals surface area contributed by atoms with Crippen molar-refractivity contribution < 1.29 is 9.53 Å². The van der Waals surface area contributed by atoms with Crippen molar-refractivity contribution in [3.05, 3.63) is 53.7 Å². The van der Waals surface area contributed by atoms with Gasteiger partial charge in [0.15, 0.2) is 5.96 Å². The summed E-state index contributed by atoms with van der Waals surface area (Å²) in [6.45, 7) is 5.58. The Morgan fingerprint density at radius 3 is 2.36 bits per heavy atom. The number of guanidine groups is 1. The van der Waals surface area contributed by atoms with Gasteiger partial charge in [0.2, 0.25) is 5.91 Å². The Kier molecular flexibility index (Phi) is 10.9. The Labute approximate surface area is 183 Å². The van der Waals surface area contributed by atoms with Crippen LogP contribution in [0.1, 0.15) is 17.5 Å². The van der Waals surface area contributed by atoms with Gasteiger partial charge in [-0.2, -0.15) is 0 Å². The Bertz CT molecular complexity index is 748. The molecule has 0 fully saturated rings. The highest BCUT2D eigenvalue weighted by Crippen LogP contribution is 2.10. The monoisotopic (exact) mass is 497 g/mol. The Balaban J connectivity index is 0.00000392. The Hall–Kier alpha value is -2.36. The van der Waals surface area contributed by atoms with Crippen LogP contribution in [0.2, 0.25) is 0 Å². The van der Waals surface area contributed by atoms with Crippen LogP contribution >= 0.6 is 24.0 Å². The molecule has 0 spiro atoms. The second kappa shape index (κ2) is 12.9. The van der Waals surface area contributed by atoms with Gasteiger partial charge in [-0.25, -0.2) is 4.98 Å². The van der Waals surface area contributed by atoms with Crippen molar-refractivity contribution in [3.8, 4) is 5.75 Å². The number of hydrogen-bond donors (Lipinski definition) is 3. The summed E-state index contributed by atoms with van der Waals surface area (Å²) in [5, 5.41) is 9.02. The highest BCUT2D eigenvalue weighted by atomic mass is 127. The topological polar surface area (TPSA) is 87.6 Å². The van der Waals surface area contributed by atoms with E-state index in [4.69, 9.17) is 4.74 Å². The first-order valence-corrected chi connectivity index (χ1v) is 8.93. The third-order valence-corrected chi connectivity index (χ3v) is 3.73. The lowest BCUT2D eigenvalue weighted by Gasteiger charge is -2.12. The fourth-order valence-electron chi connectivity index (χ4n) is 2.23. The number of anilines is 1. The molecule has 0 atom stereocenters. The highest BCUT2D eigenvalue weighted by Gasteiger charge is 2.04. The molecule has 0 radical (unpaired) electrons. The fraction of sp³-hybridized carbons (Fsp3) is 0.350. The minimum absolute atomic E-state index is 0. The van der Waals surface area contributed by atoms with E-state index in [2.05, 4.69) is 25.9 Å². The lowest BCUT2D eigenvalue weighted by molar-refractivity contribution is -0.116. The molecule has 1 amide bonds. The van der Waals surface area contributed by atoms with Gasteiger partial charge in [0.05, 0.1) is 6.54 Å². The number of ether oxygens (including phenoxy) is 1. The van der Waals surface area contributed by atoms with Gasteiger partial charge in [0, 0.05) is 26.2 Å². The van der Waals surface area contributed by atoms with E-state index in [9.17, 15) is 4.79 Å². The predicted octanol–water partition coefficient (Wildman–Crippen LogP) is 2.89. The number of benzene rings is 1. The summed E-state index contributed by atoms with van der Waals surface area (Å²) in [7, 11) is 1.69. The van der Waals surface area contributed by atoms with Crippen molar-refractivity contribution in [2.75, 3.05) is 32.1 Å². The fourth-order valence-corrected chi connectivity index (χ4v) is 2.23. The summed E-state index contributed by atoms with van der Waals surface area (Å²) in [6, 6.07) is 11.6. The van der Waals surface area contributed by atoms with Crippen LogP contribution in [0.25, 0.3) is 0 Å². The molecule has 0 bridgehead atoms. The number of amides is 1. The molecule has 28 heavy (non-hydrogen) atoms. The average molecular weight is 497 g/mol. The van der Waals surface area contributed by atoms with E-state index in [1.165, 1.54) is 5.56 Å². The third-order valence-electron chi connectivity index (χ3n) is 3.73. The number of hydrogen-bond acceptors (Lipinski definition) is 4. The number of nitrogens with zero attached hydrogens (tertiary/aromatic N) is 2. The van der Waals surface area contributed by atoms with Gasteiger partial charge in [0.25, 0.3) is 0 Å². The second-order valence-corrected chi connectivity index (χ2v) is 6.11. The zero-order valence-electron chi connectivity index (χ0n) is 16.5. The minimum atomic E-state index is -0.1000. The van der Waals surface area contributed by atoms with E-state index in [-0.39, 0.29) is 29.9 Å². The third kappa shape index (κ3) is 9.03. The summed E-state index contributed by atoms with van der Waals surface area (Å²) in [6.07, 6.45) is 2.04. The minimum Gasteiger partial charge on any atom is -0.492 e. The van der Waals surface area contributed by atoms with Crippen molar-refractivity contribution in [2.45, 2.75) is 20.3 Å². The predicted molar refractivity (Wildman–Crippen MR) is 124 cm³/mol. The van der Waals surface area contributed by atoms with Crippen LogP contribution in [0.5, 0.6) is 5.75 Å². The molecule has 0 aliphatic heterocycles. The van der Waals surface area contributed by atoms with Crippen LogP contribution in [-0.4, -0.2) is 43.6 Å². The van der Waals surface area contributed by atoms with Gasteiger partial charge in [-0.05, 0) is 37.6 Å². The second-order valence-electron chi connectivity index (χ2n) is 6.11. The van der Waals surface area contributed by atoms with Crippen LogP contribution in [0.4, 0.5) is 5.82 Å². The number of halogens is 1. The average Bonchev–Trinajstić information content (AvgIpc) is 2.67. The van der Waals surface area contributed by atoms with Crippen LogP contribution < -0.4 is 20.7 Å². The Morgan fingerprint density at radius 1 is 1.04 bits per heavy atom. The zero-order chi connectivity index (χ0) is 19.5. The summed E-state index contributed by atoms with van der Waals surface area (Å²) in [5.74, 6) is 1.92. The van der Waals surface area contributed by atoms with E-state index in [1.54, 1.807) is 19.3 Å². The molecule has 0 aliphatic carbocycles. The smallest absolute Gasteiger partial charge is 0.227 e. The van der Waals surface area contributed by atoms with Crippen molar-refractivity contribution in [1.29, 1.82) is 0 Å². The molecule has 0 aliphatic rings. The molecule has 8 heteroatoms. The van der Waals surface area contributed by atoms with Crippen LogP contribution in [0, 0.1) is 13.8 Å². The summed E-state index contributed by atoms with van der Waals surface area (Å²) >= 11 is 0. The van der Waals surface area contributed by atoms with E-state index in [1.807, 2.05) is 44.2 Å². The number of aryl methyl sites for hydroxylation is 2. The first-order valence-electron chi connectivity index (χ1n) is 8.93. The van der Waals surface area contributed by atoms with Crippen molar-refractivity contribution in [2.24, 2.45) is 4.99 Å². The summed E-state index contributed by atoms with van der Waals surface area (Å²) in [5.41, 5.74) is 2.25. The standard InChI is InChI=1S/C20H27N5O2.HI/c1-15-4-7-17(8-5-15)27-13-12-23-20(21-3)22-11-10-19(26)25-18-9-6-16(2)14-24-18;/h4-9,14H,10-13H2,1-3H3,(H2,21,22,23)(H,24,25,26);1H. The summed E-state index contributed by atoms with van der Waals surface area (Å²) < 4.78 is 5.66. The molecule has 2 aromatic rings. The van der Waals surface area contributed by atoms with Crippen molar-refractivity contribution in [3.63, 3.8) is 0 Å². The van der Waals surface area contributed by atoms with Gasteiger partial charge in [0.1, 0.15) is 18.2 Å². The quantitative estimate of drug-likeness (QED) is 0.226. The number of aromatic nitrogens is 1. The molecule has 1 aromatic heterocycles. The highest BCUT2D eigenvalue weighted by molar-refractivity contribution is 14.0. The maximum Gasteiger partial charge on any atom is 0.227 e. The first kappa shape index (κ1) is 23.7. The maximum absolute atomic E-state index is 11.9. The number of carbonyl (C=O) groups is 1. The number of carbonyl (C=O) groups excluding carboxylic acids is 1.